The summed E-state index contributed by atoms with van der Waals surface area (Å²) in [5.74, 6) is 0.686. The highest BCUT2D eigenvalue weighted by atomic mass is 16.5. The van der Waals surface area contributed by atoms with E-state index in [0.717, 1.165) is 12.8 Å². The van der Waals surface area contributed by atoms with Crippen molar-refractivity contribution in [3.05, 3.63) is 5.82 Å². The molecule has 0 atom stereocenters. The van der Waals surface area contributed by atoms with Crippen molar-refractivity contribution in [2.24, 2.45) is 0 Å². The van der Waals surface area contributed by atoms with Crippen LogP contribution in [0.4, 0.5) is 0 Å². The molecule has 0 amide bonds. The van der Waals surface area contributed by atoms with Gasteiger partial charge in [-0.05, 0) is 19.3 Å². The van der Waals surface area contributed by atoms with E-state index in [9.17, 15) is 0 Å². The number of aromatic amines is 1. The van der Waals surface area contributed by atoms with E-state index in [1.165, 1.54) is 6.42 Å². The number of nitrogens with zero attached hydrogens (tertiary/aromatic N) is 3. The first-order valence-electron chi connectivity index (χ1n) is 3.66. The smallest absolute Gasteiger partial charge is 0.206 e. The van der Waals surface area contributed by atoms with E-state index in [0.29, 0.717) is 5.82 Å². The van der Waals surface area contributed by atoms with Crippen LogP contribution in [0, 0.1) is 0 Å². The summed E-state index contributed by atoms with van der Waals surface area (Å²) in [6.07, 6.45) is 3.19. The molecule has 0 aromatic carbocycles. The van der Waals surface area contributed by atoms with Crippen LogP contribution in [0.2, 0.25) is 0 Å². The number of hydrogen-bond donors (Lipinski definition) is 1. The predicted octanol–water partition coefficient (Wildman–Crippen LogP) is 0.225. The fourth-order valence-electron chi connectivity index (χ4n) is 1.37. The lowest BCUT2D eigenvalue weighted by Crippen LogP contribution is -2.37. The molecule has 0 radical (unpaired) electrons. The van der Waals surface area contributed by atoms with Crippen molar-refractivity contribution in [2.45, 2.75) is 24.9 Å². The van der Waals surface area contributed by atoms with Gasteiger partial charge in [-0.2, -0.15) is 5.21 Å². The van der Waals surface area contributed by atoms with Crippen LogP contribution >= 0.6 is 0 Å². The predicted molar refractivity (Wildman–Crippen MR) is 36.7 cm³/mol. The Morgan fingerprint density at radius 3 is 2.73 bits per heavy atom. The number of ether oxygens (including phenoxy) is 1. The highest BCUT2D eigenvalue weighted by molar-refractivity contribution is 5.03. The summed E-state index contributed by atoms with van der Waals surface area (Å²) in [5.41, 5.74) is -0.229. The van der Waals surface area contributed by atoms with E-state index in [-0.39, 0.29) is 5.60 Å². The first kappa shape index (κ1) is 6.72. The number of methoxy groups -OCH3 is 1. The van der Waals surface area contributed by atoms with Gasteiger partial charge in [-0.3, -0.25) is 0 Å². The van der Waals surface area contributed by atoms with Gasteiger partial charge in [-0.1, -0.05) is 5.21 Å². The van der Waals surface area contributed by atoms with Gasteiger partial charge in [-0.15, -0.1) is 10.2 Å². The fraction of sp³-hybridized carbons (Fsp3) is 0.833. The Labute approximate surface area is 64.1 Å². The first-order chi connectivity index (χ1) is 5.37. The van der Waals surface area contributed by atoms with Crippen LogP contribution in [0.15, 0.2) is 0 Å². The average molecular weight is 154 g/mol. The Bertz CT molecular complexity index is 223. The largest absolute Gasteiger partial charge is 0.370 e. The maximum atomic E-state index is 5.33. The van der Waals surface area contributed by atoms with Gasteiger partial charge < -0.3 is 4.74 Å². The Hall–Kier alpha value is -0.970. The lowest BCUT2D eigenvalue weighted by molar-refractivity contribution is -0.0846. The second kappa shape index (κ2) is 2.27. The first-order valence-corrected chi connectivity index (χ1v) is 3.66. The Kier molecular flexibility index (Phi) is 1.38. The molecule has 1 fully saturated rings. The van der Waals surface area contributed by atoms with E-state index < -0.39 is 0 Å². The summed E-state index contributed by atoms with van der Waals surface area (Å²) < 4.78 is 5.33. The molecule has 11 heavy (non-hydrogen) atoms. The number of H-pyrrole nitrogens is 1. The molecule has 0 unspecified atom stereocenters. The lowest BCUT2D eigenvalue weighted by atomic mass is 9.79. The monoisotopic (exact) mass is 154 g/mol. The highest BCUT2D eigenvalue weighted by Crippen LogP contribution is 2.41. The zero-order valence-corrected chi connectivity index (χ0v) is 6.37. The van der Waals surface area contributed by atoms with Crippen LogP contribution in [-0.2, 0) is 10.3 Å². The van der Waals surface area contributed by atoms with Crippen molar-refractivity contribution < 1.29 is 4.74 Å². The minimum absolute atomic E-state index is 0.229. The van der Waals surface area contributed by atoms with Crippen molar-refractivity contribution in [3.8, 4) is 0 Å². The van der Waals surface area contributed by atoms with Crippen LogP contribution in [0.5, 0.6) is 0 Å². The molecule has 1 aromatic heterocycles. The molecule has 5 heteroatoms. The third kappa shape index (κ3) is 0.841. The quantitative estimate of drug-likeness (QED) is 0.662. The van der Waals surface area contributed by atoms with Gasteiger partial charge >= 0.3 is 0 Å². The maximum absolute atomic E-state index is 5.33. The van der Waals surface area contributed by atoms with Crippen molar-refractivity contribution in [1.82, 2.24) is 20.6 Å². The Morgan fingerprint density at radius 1 is 1.55 bits per heavy atom. The van der Waals surface area contributed by atoms with E-state index in [1.807, 2.05) is 0 Å². The van der Waals surface area contributed by atoms with Crippen LogP contribution in [0.25, 0.3) is 0 Å². The van der Waals surface area contributed by atoms with E-state index in [1.54, 1.807) is 7.11 Å². The Morgan fingerprint density at radius 2 is 2.36 bits per heavy atom. The molecule has 1 aromatic rings. The third-order valence-corrected chi connectivity index (χ3v) is 2.30. The van der Waals surface area contributed by atoms with Gasteiger partial charge in [0.05, 0.1) is 0 Å². The van der Waals surface area contributed by atoms with Crippen molar-refractivity contribution in [2.75, 3.05) is 7.11 Å². The van der Waals surface area contributed by atoms with Crippen LogP contribution in [0.3, 0.4) is 0 Å². The van der Waals surface area contributed by atoms with Crippen LogP contribution in [-0.4, -0.2) is 27.7 Å². The minimum Gasteiger partial charge on any atom is -0.370 e. The van der Waals surface area contributed by atoms with Crippen molar-refractivity contribution >= 4 is 0 Å². The lowest BCUT2D eigenvalue weighted by Gasteiger charge is -2.37. The maximum Gasteiger partial charge on any atom is 0.206 e. The molecule has 0 aliphatic heterocycles. The average Bonchev–Trinajstić information content (AvgIpc) is 2.39. The minimum atomic E-state index is -0.229. The molecule has 1 saturated carbocycles. The normalized spacial score (nSPS) is 21.2. The third-order valence-electron chi connectivity index (χ3n) is 2.30. The fourth-order valence-corrected chi connectivity index (χ4v) is 1.37. The SMILES string of the molecule is COC1(c2nn[nH]n2)CCC1. The summed E-state index contributed by atoms with van der Waals surface area (Å²) in [6, 6.07) is 0. The molecule has 60 valence electrons. The van der Waals surface area contributed by atoms with Gasteiger partial charge in [0, 0.05) is 7.11 Å². The molecule has 1 N–H and O–H groups in total. The second-order valence-corrected chi connectivity index (χ2v) is 2.79. The van der Waals surface area contributed by atoms with E-state index >= 15 is 0 Å². The number of nitrogens with one attached hydrogen (secondary N) is 1. The number of hydrogen-bond acceptors (Lipinski definition) is 4. The second-order valence-electron chi connectivity index (χ2n) is 2.79. The molecular formula is C6H10N4O. The molecular weight excluding hydrogens is 144 g/mol. The number of rotatable bonds is 2. The van der Waals surface area contributed by atoms with E-state index in [4.69, 9.17) is 4.74 Å². The van der Waals surface area contributed by atoms with Crippen LogP contribution in [0.1, 0.15) is 25.1 Å². The van der Waals surface area contributed by atoms with Gasteiger partial charge in [0.15, 0.2) is 0 Å². The molecule has 1 aliphatic carbocycles. The van der Waals surface area contributed by atoms with Crippen molar-refractivity contribution in [3.63, 3.8) is 0 Å². The topological polar surface area (TPSA) is 63.7 Å². The summed E-state index contributed by atoms with van der Waals surface area (Å²) >= 11 is 0. The zero-order chi connectivity index (χ0) is 7.73. The summed E-state index contributed by atoms with van der Waals surface area (Å²) in [5, 5.41) is 13.7. The summed E-state index contributed by atoms with van der Waals surface area (Å²) in [6.45, 7) is 0. The molecule has 5 nitrogen and oxygen atoms in total. The molecule has 1 heterocycles. The van der Waals surface area contributed by atoms with Gasteiger partial charge in [0.2, 0.25) is 5.82 Å². The van der Waals surface area contributed by atoms with Gasteiger partial charge in [0.25, 0.3) is 0 Å². The van der Waals surface area contributed by atoms with Crippen LogP contribution < -0.4 is 0 Å². The summed E-state index contributed by atoms with van der Waals surface area (Å²) in [4.78, 5) is 0. The van der Waals surface area contributed by atoms with E-state index in [2.05, 4.69) is 20.6 Å². The Balaban J connectivity index is 2.25. The highest BCUT2D eigenvalue weighted by Gasteiger charge is 2.42. The summed E-state index contributed by atoms with van der Waals surface area (Å²) in [7, 11) is 1.69. The molecule has 2 rings (SSSR count). The molecule has 0 saturated heterocycles. The molecule has 0 spiro atoms. The molecule has 1 aliphatic rings. The standard InChI is InChI=1S/C6H10N4O/c1-11-6(3-2-4-6)5-7-9-10-8-5/h2-4H2,1H3,(H,7,8,9,10). The van der Waals surface area contributed by atoms with Gasteiger partial charge in [-0.25, -0.2) is 0 Å². The number of aromatic nitrogens is 4. The zero-order valence-electron chi connectivity index (χ0n) is 6.37. The van der Waals surface area contributed by atoms with Gasteiger partial charge in [0.1, 0.15) is 5.60 Å². The van der Waals surface area contributed by atoms with Crippen molar-refractivity contribution in [1.29, 1.82) is 0 Å². The molecule has 0 bridgehead atoms. The number of tetrazole rings is 1.